The number of anilines is 1. The largest absolute Gasteiger partial charge is 0.395 e. The van der Waals surface area contributed by atoms with Crippen molar-refractivity contribution in [3.05, 3.63) is 28.8 Å². The van der Waals surface area contributed by atoms with Crippen LogP contribution in [0.2, 0.25) is 5.02 Å². The molecule has 1 heterocycles. The first-order chi connectivity index (χ1) is 10.2. The first kappa shape index (κ1) is 15.6. The first-order valence-corrected chi connectivity index (χ1v) is 7.11. The van der Waals surface area contributed by atoms with Crippen LogP contribution in [0, 0.1) is 11.8 Å². The van der Waals surface area contributed by atoms with E-state index in [0.717, 1.165) is 0 Å². The first-order valence-electron chi connectivity index (χ1n) is 6.73. The minimum atomic E-state index is -0.189. The summed E-state index contributed by atoms with van der Waals surface area (Å²) in [6.07, 6.45) is 0.388. The fourth-order valence-corrected chi connectivity index (χ4v) is 2.08. The Morgan fingerprint density at radius 2 is 2.19 bits per heavy atom. The Morgan fingerprint density at radius 1 is 1.43 bits per heavy atom. The van der Waals surface area contributed by atoms with Gasteiger partial charge in [0.25, 0.3) is 0 Å². The molecule has 0 spiro atoms. The molecule has 0 atom stereocenters. The van der Waals surface area contributed by atoms with Gasteiger partial charge < -0.3 is 20.1 Å². The van der Waals surface area contributed by atoms with Crippen molar-refractivity contribution in [2.24, 2.45) is 0 Å². The summed E-state index contributed by atoms with van der Waals surface area (Å²) < 4.78 is 5.22. The number of rotatable bonds is 2. The second-order valence-corrected chi connectivity index (χ2v) is 4.93. The van der Waals surface area contributed by atoms with Gasteiger partial charge in [0.15, 0.2) is 0 Å². The number of urea groups is 1. The average Bonchev–Trinajstić information content (AvgIpc) is 2.50. The van der Waals surface area contributed by atoms with Crippen LogP contribution in [0.15, 0.2) is 18.2 Å². The SMILES string of the molecule is O=C(Nc1cc(Cl)ccc1C#CCCO)N1CCOCC1. The topological polar surface area (TPSA) is 61.8 Å². The minimum Gasteiger partial charge on any atom is -0.395 e. The maximum atomic E-state index is 12.2. The van der Waals surface area contributed by atoms with Crippen LogP contribution in [-0.4, -0.2) is 48.9 Å². The number of carbonyl (C=O) groups is 1. The van der Waals surface area contributed by atoms with Crippen molar-refractivity contribution in [3.63, 3.8) is 0 Å². The Morgan fingerprint density at radius 3 is 2.90 bits per heavy atom. The van der Waals surface area contributed by atoms with Gasteiger partial charge >= 0.3 is 6.03 Å². The molecule has 0 unspecified atom stereocenters. The van der Waals surface area contributed by atoms with Gasteiger partial charge in [-0.25, -0.2) is 4.79 Å². The molecule has 21 heavy (non-hydrogen) atoms. The molecule has 1 saturated heterocycles. The van der Waals surface area contributed by atoms with Crippen LogP contribution in [-0.2, 0) is 4.74 Å². The molecule has 6 heteroatoms. The molecule has 0 bridgehead atoms. The van der Waals surface area contributed by atoms with Crippen LogP contribution in [0.4, 0.5) is 10.5 Å². The summed E-state index contributed by atoms with van der Waals surface area (Å²) in [5.41, 5.74) is 1.25. The lowest BCUT2D eigenvalue weighted by Gasteiger charge is -2.27. The molecule has 1 aliphatic rings. The predicted octanol–water partition coefficient (Wildman–Crippen LogP) is 1.94. The summed E-state index contributed by atoms with van der Waals surface area (Å²) in [6, 6.07) is 4.95. The van der Waals surface area contributed by atoms with E-state index in [1.807, 2.05) is 0 Å². The minimum absolute atomic E-state index is 0.00998. The third-order valence-electron chi connectivity index (χ3n) is 2.98. The molecule has 1 aromatic carbocycles. The van der Waals surface area contributed by atoms with Crippen molar-refractivity contribution >= 4 is 23.3 Å². The molecule has 0 saturated carbocycles. The Balaban J connectivity index is 2.12. The number of aliphatic hydroxyl groups is 1. The van der Waals surface area contributed by atoms with Crippen molar-refractivity contribution in [2.45, 2.75) is 6.42 Å². The van der Waals surface area contributed by atoms with Crippen LogP contribution in [0.5, 0.6) is 0 Å². The van der Waals surface area contributed by atoms with Gasteiger partial charge in [0, 0.05) is 30.1 Å². The Hall–Kier alpha value is -1.74. The van der Waals surface area contributed by atoms with Crippen molar-refractivity contribution in [1.29, 1.82) is 0 Å². The van der Waals surface area contributed by atoms with E-state index < -0.39 is 0 Å². The lowest BCUT2D eigenvalue weighted by molar-refractivity contribution is 0.0564. The number of amides is 2. The van der Waals surface area contributed by atoms with Crippen molar-refractivity contribution in [2.75, 3.05) is 38.2 Å². The number of aliphatic hydroxyl groups excluding tert-OH is 1. The summed E-state index contributed by atoms with van der Waals surface area (Å²) in [4.78, 5) is 13.9. The zero-order valence-corrected chi connectivity index (χ0v) is 12.3. The molecule has 2 rings (SSSR count). The summed E-state index contributed by atoms with van der Waals surface area (Å²) >= 11 is 5.97. The van der Waals surface area contributed by atoms with Crippen molar-refractivity contribution in [3.8, 4) is 11.8 Å². The van der Waals surface area contributed by atoms with Gasteiger partial charge in [-0.2, -0.15) is 0 Å². The fourth-order valence-electron chi connectivity index (χ4n) is 1.90. The van der Waals surface area contributed by atoms with E-state index in [1.54, 1.807) is 23.1 Å². The molecule has 1 fully saturated rings. The number of halogens is 1. The van der Waals surface area contributed by atoms with Gasteiger partial charge in [-0.3, -0.25) is 0 Å². The van der Waals surface area contributed by atoms with E-state index in [1.165, 1.54) is 0 Å². The summed E-state index contributed by atoms with van der Waals surface area (Å²) in [5.74, 6) is 5.76. The molecule has 112 valence electrons. The number of hydrogen-bond donors (Lipinski definition) is 2. The Labute approximate surface area is 128 Å². The molecular formula is C15H17ClN2O3. The second-order valence-electron chi connectivity index (χ2n) is 4.49. The highest BCUT2D eigenvalue weighted by Gasteiger charge is 2.17. The number of benzene rings is 1. The highest BCUT2D eigenvalue weighted by atomic mass is 35.5. The van der Waals surface area contributed by atoms with Gasteiger partial charge in [0.05, 0.1) is 25.5 Å². The van der Waals surface area contributed by atoms with E-state index in [0.29, 0.717) is 49.0 Å². The quantitative estimate of drug-likeness (QED) is 0.821. The summed E-state index contributed by atoms with van der Waals surface area (Å²) in [5, 5.41) is 12.1. The highest BCUT2D eigenvalue weighted by Crippen LogP contribution is 2.21. The molecule has 2 N–H and O–H groups in total. The van der Waals surface area contributed by atoms with Crippen molar-refractivity contribution in [1.82, 2.24) is 4.90 Å². The van der Waals surface area contributed by atoms with Crippen LogP contribution < -0.4 is 5.32 Å². The predicted molar refractivity (Wildman–Crippen MR) is 81.4 cm³/mol. The third kappa shape index (κ3) is 4.64. The van der Waals surface area contributed by atoms with E-state index >= 15 is 0 Å². The molecule has 2 amide bonds. The average molecular weight is 309 g/mol. The molecule has 1 aliphatic heterocycles. The molecule has 0 aliphatic carbocycles. The second kappa shape index (κ2) is 7.89. The normalized spacial score (nSPS) is 14.3. The number of morpholine rings is 1. The lowest BCUT2D eigenvalue weighted by atomic mass is 10.1. The van der Waals surface area contributed by atoms with Crippen LogP contribution in [0.3, 0.4) is 0 Å². The van der Waals surface area contributed by atoms with E-state index in [4.69, 9.17) is 21.4 Å². The highest BCUT2D eigenvalue weighted by molar-refractivity contribution is 6.31. The summed E-state index contributed by atoms with van der Waals surface area (Å²) in [7, 11) is 0. The molecule has 1 aromatic rings. The number of nitrogens with one attached hydrogen (secondary N) is 1. The van der Waals surface area contributed by atoms with Crippen LogP contribution in [0.25, 0.3) is 0 Å². The maximum Gasteiger partial charge on any atom is 0.322 e. The number of carbonyl (C=O) groups excluding carboxylic acids is 1. The molecule has 0 aromatic heterocycles. The number of ether oxygens (including phenoxy) is 1. The lowest BCUT2D eigenvalue weighted by Crippen LogP contribution is -2.43. The summed E-state index contributed by atoms with van der Waals surface area (Å²) in [6.45, 7) is 2.24. The van der Waals surface area contributed by atoms with Gasteiger partial charge in [-0.05, 0) is 18.2 Å². The monoisotopic (exact) mass is 308 g/mol. The van der Waals surface area contributed by atoms with Gasteiger partial charge in [0.2, 0.25) is 0 Å². The fraction of sp³-hybridized carbons (Fsp3) is 0.400. The van der Waals surface area contributed by atoms with Crippen LogP contribution >= 0.6 is 11.6 Å². The van der Waals surface area contributed by atoms with E-state index in [2.05, 4.69) is 17.2 Å². The third-order valence-corrected chi connectivity index (χ3v) is 3.22. The standard InChI is InChI=1S/C15H17ClN2O3/c16-13-5-4-12(3-1-2-8-19)14(11-13)17-15(20)18-6-9-21-10-7-18/h4-5,11,19H,2,6-10H2,(H,17,20). The van der Waals surface area contributed by atoms with E-state index in [-0.39, 0.29) is 12.6 Å². The van der Waals surface area contributed by atoms with Gasteiger partial charge in [0.1, 0.15) is 0 Å². The molecular weight excluding hydrogens is 292 g/mol. The zero-order valence-electron chi connectivity index (χ0n) is 11.6. The van der Waals surface area contributed by atoms with Crippen LogP contribution in [0.1, 0.15) is 12.0 Å². The smallest absolute Gasteiger partial charge is 0.322 e. The van der Waals surface area contributed by atoms with E-state index in [9.17, 15) is 4.79 Å². The Bertz CT molecular complexity index is 560. The zero-order chi connectivity index (χ0) is 15.1. The number of hydrogen-bond acceptors (Lipinski definition) is 3. The number of nitrogens with zero attached hydrogens (tertiary/aromatic N) is 1. The van der Waals surface area contributed by atoms with Gasteiger partial charge in [-0.15, -0.1) is 0 Å². The maximum absolute atomic E-state index is 12.2. The molecule has 0 radical (unpaired) electrons. The van der Waals surface area contributed by atoms with Crippen molar-refractivity contribution < 1.29 is 14.6 Å². The Kier molecular flexibility index (Phi) is 5.88. The van der Waals surface area contributed by atoms with Gasteiger partial charge in [-0.1, -0.05) is 23.4 Å². The molecule has 5 nitrogen and oxygen atoms in total.